The zero-order chi connectivity index (χ0) is 15.5. The summed E-state index contributed by atoms with van der Waals surface area (Å²) in [5.74, 6) is 0.724. The van der Waals surface area contributed by atoms with Crippen molar-refractivity contribution in [3.05, 3.63) is 11.5 Å². The fourth-order valence-electron chi connectivity index (χ4n) is 2.75. The second-order valence-electron chi connectivity index (χ2n) is 6.08. The van der Waals surface area contributed by atoms with Gasteiger partial charge < -0.3 is 19.5 Å². The monoisotopic (exact) mass is 295 g/mol. The summed E-state index contributed by atoms with van der Waals surface area (Å²) < 4.78 is 10.5. The van der Waals surface area contributed by atoms with Gasteiger partial charge in [0.1, 0.15) is 11.4 Å². The van der Waals surface area contributed by atoms with Gasteiger partial charge in [0.25, 0.3) is 0 Å². The number of anilines is 1. The van der Waals surface area contributed by atoms with Gasteiger partial charge in [-0.3, -0.25) is 0 Å². The van der Waals surface area contributed by atoms with E-state index in [0.717, 1.165) is 44.0 Å². The first-order valence-corrected chi connectivity index (χ1v) is 7.49. The topological polar surface area (TPSA) is 67.6 Å². The summed E-state index contributed by atoms with van der Waals surface area (Å²) in [4.78, 5) is 14.2. The molecule has 0 atom stereocenters. The van der Waals surface area contributed by atoms with Crippen LogP contribution in [0.5, 0.6) is 0 Å². The van der Waals surface area contributed by atoms with E-state index in [9.17, 15) is 4.79 Å². The molecule has 2 heterocycles. The molecule has 1 aromatic heterocycles. The SMILES string of the molecule is CCc1onc(C)c1NC(=O)N1CCC(C)(COC)CC1. The third-order valence-corrected chi connectivity index (χ3v) is 4.24. The van der Waals surface area contributed by atoms with Gasteiger partial charge in [-0.2, -0.15) is 0 Å². The van der Waals surface area contributed by atoms with Gasteiger partial charge >= 0.3 is 6.03 Å². The van der Waals surface area contributed by atoms with Gasteiger partial charge in [0.15, 0.2) is 5.76 Å². The van der Waals surface area contributed by atoms with E-state index in [1.54, 1.807) is 7.11 Å². The molecule has 0 aromatic carbocycles. The Morgan fingerprint density at radius 1 is 1.48 bits per heavy atom. The summed E-state index contributed by atoms with van der Waals surface area (Å²) in [6.45, 7) is 8.27. The number of carbonyl (C=O) groups is 1. The van der Waals surface area contributed by atoms with Crippen LogP contribution < -0.4 is 5.32 Å². The Kier molecular flexibility index (Phi) is 4.88. The van der Waals surface area contributed by atoms with Crippen molar-refractivity contribution in [2.75, 3.05) is 32.1 Å². The lowest BCUT2D eigenvalue weighted by Crippen LogP contribution is -2.45. The molecule has 0 bridgehead atoms. The first-order valence-electron chi connectivity index (χ1n) is 7.49. The van der Waals surface area contributed by atoms with Crippen LogP contribution in [0.25, 0.3) is 0 Å². The Balaban J connectivity index is 1.95. The number of nitrogens with zero attached hydrogens (tertiary/aromatic N) is 2. The first-order chi connectivity index (χ1) is 9.99. The maximum Gasteiger partial charge on any atom is 0.321 e. The molecular weight excluding hydrogens is 270 g/mol. The molecule has 0 unspecified atom stereocenters. The number of nitrogens with one attached hydrogen (secondary N) is 1. The van der Waals surface area contributed by atoms with E-state index < -0.39 is 0 Å². The molecule has 0 spiro atoms. The minimum absolute atomic E-state index is 0.0736. The lowest BCUT2D eigenvalue weighted by atomic mass is 9.81. The minimum atomic E-state index is -0.0736. The molecule has 21 heavy (non-hydrogen) atoms. The van der Waals surface area contributed by atoms with Crippen molar-refractivity contribution in [1.29, 1.82) is 0 Å². The molecule has 1 aliphatic rings. The molecule has 118 valence electrons. The van der Waals surface area contributed by atoms with Crippen LogP contribution in [0.2, 0.25) is 0 Å². The normalized spacial score (nSPS) is 17.8. The van der Waals surface area contributed by atoms with Crippen LogP contribution in [0, 0.1) is 12.3 Å². The number of urea groups is 1. The number of hydrogen-bond acceptors (Lipinski definition) is 4. The highest BCUT2D eigenvalue weighted by Gasteiger charge is 2.32. The van der Waals surface area contributed by atoms with Crippen LogP contribution >= 0.6 is 0 Å². The van der Waals surface area contributed by atoms with E-state index in [1.807, 2.05) is 18.7 Å². The molecule has 0 aliphatic carbocycles. The molecule has 0 radical (unpaired) electrons. The molecule has 1 saturated heterocycles. The number of methoxy groups -OCH3 is 1. The predicted octanol–water partition coefficient (Wildman–Crippen LogP) is 2.83. The van der Waals surface area contributed by atoms with Gasteiger partial charge in [-0.1, -0.05) is 19.0 Å². The summed E-state index contributed by atoms with van der Waals surface area (Å²) in [5.41, 5.74) is 1.61. The van der Waals surface area contributed by atoms with E-state index in [-0.39, 0.29) is 11.4 Å². The lowest BCUT2D eigenvalue weighted by molar-refractivity contribution is 0.0452. The molecule has 1 N–H and O–H groups in total. The van der Waals surface area contributed by atoms with E-state index in [2.05, 4.69) is 17.4 Å². The average Bonchev–Trinajstić information content (AvgIpc) is 2.80. The van der Waals surface area contributed by atoms with Gasteiger partial charge in [-0.25, -0.2) is 4.79 Å². The Morgan fingerprint density at radius 3 is 2.71 bits per heavy atom. The quantitative estimate of drug-likeness (QED) is 0.927. The number of ether oxygens (including phenoxy) is 1. The standard InChI is InChI=1S/C15H25N3O3/c1-5-12-13(11(2)17-21-12)16-14(19)18-8-6-15(3,7-9-18)10-20-4/h5-10H2,1-4H3,(H,16,19). The smallest absolute Gasteiger partial charge is 0.321 e. The summed E-state index contributed by atoms with van der Waals surface area (Å²) in [7, 11) is 1.73. The van der Waals surface area contributed by atoms with Crippen LogP contribution in [0.4, 0.5) is 10.5 Å². The third-order valence-electron chi connectivity index (χ3n) is 4.24. The van der Waals surface area contributed by atoms with Crippen LogP contribution in [-0.4, -0.2) is 42.9 Å². The molecule has 6 nitrogen and oxygen atoms in total. The highest BCUT2D eigenvalue weighted by Crippen LogP contribution is 2.31. The Morgan fingerprint density at radius 2 is 2.14 bits per heavy atom. The predicted molar refractivity (Wildman–Crippen MR) is 80.4 cm³/mol. The Hall–Kier alpha value is -1.56. The van der Waals surface area contributed by atoms with Crippen molar-refractivity contribution < 1.29 is 14.1 Å². The maximum absolute atomic E-state index is 12.4. The second-order valence-corrected chi connectivity index (χ2v) is 6.08. The number of rotatable bonds is 4. The van der Waals surface area contributed by atoms with Gasteiger partial charge in [0.2, 0.25) is 0 Å². The summed E-state index contributed by atoms with van der Waals surface area (Å²) in [5, 5.41) is 6.85. The van der Waals surface area contributed by atoms with Crippen LogP contribution in [0.1, 0.15) is 38.1 Å². The molecule has 1 aromatic rings. The zero-order valence-electron chi connectivity index (χ0n) is 13.4. The number of amides is 2. The Labute approximate surface area is 125 Å². The fourth-order valence-corrected chi connectivity index (χ4v) is 2.75. The van der Waals surface area contributed by atoms with Crippen molar-refractivity contribution >= 4 is 11.7 Å². The van der Waals surface area contributed by atoms with Crippen molar-refractivity contribution in [3.8, 4) is 0 Å². The second kappa shape index (κ2) is 6.47. The number of carbonyl (C=O) groups excluding carboxylic acids is 1. The molecule has 6 heteroatoms. The summed E-state index contributed by atoms with van der Waals surface area (Å²) in [6, 6.07) is -0.0736. The van der Waals surface area contributed by atoms with E-state index >= 15 is 0 Å². The molecule has 0 saturated carbocycles. The van der Waals surface area contributed by atoms with Crippen LogP contribution in [0.3, 0.4) is 0 Å². The van der Waals surface area contributed by atoms with Crippen LogP contribution in [0.15, 0.2) is 4.52 Å². The molecule has 2 rings (SSSR count). The molecular formula is C15H25N3O3. The highest BCUT2D eigenvalue weighted by atomic mass is 16.5. The first kappa shape index (κ1) is 15.8. The summed E-state index contributed by atoms with van der Waals surface area (Å²) in [6.07, 6.45) is 2.62. The summed E-state index contributed by atoms with van der Waals surface area (Å²) >= 11 is 0. The number of likely N-dealkylation sites (tertiary alicyclic amines) is 1. The van der Waals surface area contributed by atoms with Gasteiger partial charge in [0.05, 0.1) is 6.61 Å². The molecule has 1 aliphatic heterocycles. The van der Waals surface area contributed by atoms with Crippen molar-refractivity contribution in [2.24, 2.45) is 5.41 Å². The lowest BCUT2D eigenvalue weighted by Gasteiger charge is -2.38. The number of hydrogen-bond donors (Lipinski definition) is 1. The van der Waals surface area contributed by atoms with E-state index in [0.29, 0.717) is 12.1 Å². The average molecular weight is 295 g/mol. The van der Waals surface area contributed by atoms with E-state index in [4.69, 9.17) is 9.26 Å². The Bertz CT molecular complexity index is 490. The fraction of sp³-hybridized carbons (Fsp3) is 0.733. The van der Waals surface area contributed by atoms with Gasteiger partial charge in [-0.15, -0.1) is 0 Å². The zero-order valence-corrected chi connectivity index (χ0v) is 13.4. The minimum Gasteiger partial charge on any atom is -0.384 e. The number of aromatic nitrogens is 1. The van der Waals surface area contributed by atoms with Crippen molar-refractivity contribution in [2.45, 2.75) is 40.0 Å². The van der Waals surface area contributed by atoms with Crippen molar-refractivity contribution in [1.82, 2.24) is 10.1 Å². The molecule has 2 amide bonds. The van der Waals surface area contributed by atoms with Crippen LogP contribution in [-0.2, 0) is 11.2 Å². The molecule has 1 fully saturated rings. The van der Waals surface area contributed by atoms with Gasteiger partial charge in [-0.05, 0) is 25.2 Å². The third kappa shape index (κ3) is 3.56. The van der Waals surface area contributed by atoms with E-state index in [1.165, 1.54) is 0 Å². The maximum atomic E-state index is 12.4. The highest BCUT2D eigenvalue weighted by molar-refractivity contribution is 5.90. The number of aryl methyl sites for hydroxylation is 2. The van der Waals surface area contributed by atoms with Crippen molar-refractivity contribution in [3.63, 3.8) is 0 Å². The largest absolute Gasteiger partial charge is 0.384 e. The number of piperidine rings is 1. The van der Waals surface area contributed by atoms with Gasteiger partial charge in [0, 0.05) is 26.6 Å².